The number of nitrogens with two attached hydrogens (primary N) is 1. The summed E-state index contributed by atoms with van der Waals surface area (Å²) < 4.78 is 26.0. The van der Waals surface area contributed by atoms with E-state index in [9.17, 15) is 8.42 Å². The van der Waals surface area contributed by atoms with E-state index in [2.05, 4.69) is 6.58 Å². The van der Waals surface area contributed by atoms with E-state index in [-0.39, 0.29) is 28.0 Å². The maximum Gasteiger partial charge on any atom is 0.244 e. The first-order chi connectivity index (χ1) is 8.70. The van der Waals surface area contributed by atoms with Crippen molar-refractivity contribution >= 4 is 33.2 Å². The Morgan fingerprint density at radius 2 is 2.00 bits per heavy atom. The van der Waals surface area contributed by atoms with Gasteiger partial charge in [-0.1, -0.05) is 35.4 Å². The van der Waals surface area contributed by atoms with Crippen molar-refractivity contribution in [3.8, 4) is 0 Å². The van der Waals surface area contributed by atoms with Gasteiger partial charge in [-0.2, -0.15) is 4.31 Å². The molecule has 0 fully saturated rings. The monoisotopic (exact) mass is 322 g/mol. The van der Waals surface area contributed by atoms with Crippen LogP contribution < -0.4 is 5.73 Å². The van der Waals surface area contributed by atoms with Gasteiger partial charge in [0.25, 0.3) is 0 Å². The standard InChI is InChI=1S/C12H16Cl2N2O2S/c1-8(2)7-16(3)19(17,18)11-5-10(13)4-9(6-15)12(11)14/h4-5H,1,6-7,15H2,2-3H3. The highest BCUT2D eigenvalue weighted by atomic mass is 35.5. The number of hydrogen-bond donors (Lipinski definition) is 1. The molecule has 1 rings (SSSR count). The number of benzene rings is 1. The summed E-state index contributed by atoms with van der Waals surface area (Å²) in [6.07, 6.45) is 0. The van der Waals surface area contributed by atoms with E-state index in [0.29, 0.717) is 5.56 Å². The third-order valence-electron chi connectivity index (χ3n) is 2.48. The van der Waals surface area contributed by atoms with Crippen molar-refractivity contribution in [3.05, 3.63) is 39.9 Å². The third kappa shape index (κ3) is 3.70. The molecule has 0 bridgehead atoms. The molecular formula is C12H16Cl2N2O2S. The van der Waals surface area contributed by atoms with Crippen molar-refractivity contribution in [3.63, 3.8) is 0 Å². The molecule has 0 aliphatic heterocycles. The van der Waals surface area contributed by atoms with Crippen LogP contribution in [0.15, 0.2) is 29.2 Å². The van der Waals surface area contributed by atoms with E-state index in [0.717, 1.165) is 5.57 Å². The van der Waals surface area contributed by atoms with E-state index in [1.807, 2.05) is 0 Å². The first-order valence-corrected chi connectivity index (χ1v) is 7.68. The SMILES string of the molecule is C=C(C)CN(C)S(=O)(=O)c1cc(Cl)cc(CN)c1Cl. The summed E-state index contributed by atoms with van der Waals surface area (Å²) in [5, 5.41) is 0.396. The van der Waals surface area contributed by atoms with Crippen molar-refractivity contribution in [1.82, 2.24) is 4.31 Å². The fraction of sp³-hybridized carbons (Fsp3) is 0.333. The average Bonchev–Trinajstić information content (AvgIpc) is 2.30. The molecule has 0 radical (unpaired) electrons. The molecular weight excluding hydrogens is 307 g/mol. The molecule has 19 heavy (non-hydrogen) atoms. The van der Waals surface area contributed by atoms with Crippen LogP contribution in [0.2, 0.25) is 10.0 Å². The lowest BCUT2D eigenvalue weighted by molar-refractivity contribution is 0.493. The van der Waals surface area contributed by atoms with Crippen molar-refractivity contribution in [2.24, 2.45) is 5.73 Å². The highest BCUT2D eigenvalue weighted by Crippen LogP contribution is 2.31. The topological polar surface area (TPSA) is 63.4 Å². The van der Waals surface area contributed by atoms with Crippen LogP contribution in [0, 0.1) is 0 Å². The molecule has 1 aromatic rings. The van der Waals surface area contributed by atoms with Gasteiger partial charge in [-0.15, -0.1) is 0 Å². The van der Waals surface area contributed by atoms with Crippen molar-refractivity contribution < 1.29 is 8.42 Å². The van der Waals surface area contributed by atoms with Gasteiger partial charge < -0.3 is 5.73 Å². The lowest BCUT2D eigenvalue weighted by Crippen LogP contribution is -2.28. The van der Waals surface area contributed by atoms with Gasteiger partial charge in [0.05, 0.1) is 5.02 Å². The number of hydrogen-bond acceptors (Lipinski definition) is 3. The molecule has 0 unspecified atom stereocenters. The summed E-state index contributed by atoms with van der Waals surface area (Å²) in [5.41, 5.74) is 6.74. The summed E-state index contributed by atoms with van der Waals surface area (Å²) in [6.45, 7) is 5.77. The van der Waals surface area contributed by atoms with Crippen LogP contribution in [0.3, 0.4) is 0 Å². The minimum atomic E-state index is -3.72. The molecule has 0 aromatic heterocycles. The summed E-state index contributed by atoms with van der Waals surface area (Å²) in [7, 11) is -2.26. The second-order valence-corrected chi connectivity index (χ2v) is 7.13. The molecule has 0 saturated heterocycles. The molecule has 0 atom stereocenters. The molecule has 0 heterocycles. The molecule has 2 N–H and O–H groups in total. The molecule has 1 aromatic carbocycles. The molecule has 0 amide bonds. The fourth-order valence-corrected chi connectivity index (χ4v) is 3.73. The van der Waals surface area contributed by atoms with Crippen LogP contribution in [-0.2, 0) is 16.6 Å². The maximum absolute atomic E-state index is 12.4. The largest absolute Gasteiger partial charge is 0.326 e. The van der Waals surface area contributed by atoms with Crippen molar-refractivity contribution in [2.75, 3.05) is 13.6 Å². The van der Waals surface area contributed by atoms with Crippen LogP contribution in [0.4, 0.5) is 0 Å². The van der Waals surface area contributed by atoms with Gasteiger partial charge in [-0.05, 0) is 24.6 Å². The van der Waals surface area contributed by atoms with E-state index in [1.165, 1.54) is 17.4 Å². The number of likely N-dealkylation sites (N-methyl/N-ethyl adjacent to an activating group) is 1. The lowest BCUT2D eigenvalue weighted by Gasteiger charge is -2.19. The lowest BCUT2D eigenvalue weighted by atomic mass is 10.2. The Hall–Kier alpha value is -0.590. The van der Waals surface area contributed by atoms with Gasteiger partial charge in [0.15, 0.2) is 0 Å². The molecule has 0 aliphatic rings. The van der Waals surface area contributed by atoms with Crippen LogP contribution in [0.5, 0.6) is 0 Å². The highest BCUT2D eigenvalue weighted by Gasteiger charge is 2.25. The molecule has 4 nitrogen and oxygen atoms in total. The van der Waals surface area contributed by atoms with Gasteiger partial charge in [0.2, 0.25) is 10.0 Å². The van der Waals surface area contributed by atoms with E-state index in [4.69, 9.17) is 28.9 Å². The van der Waals surface area contributed by atoms with Gasteiger partial charge in [0, 0.05) is 25.2 Å². The second kappa shape index (κ2) is 6.24. The smallest absolute Gasteiger partial charge is 0.244 e. The first kappa shape index (κ1) is 16.5. The predicted molar refractivity (Wildman–Crippen MR) is 79.0 cm³/mol. The third-order valence-corrected chi connectivity index (χ3v) is 5.08. The Balaban J connectivity index is 3.36. The zero-order valence-corrected chi connectivity index (χ0v) is 13.1. The first-order valence-electron chi connectivity index (χ1n) is 5.49. The zero-order chi connectivity index (χ0) is 14.8. The van der Waals surface area contributed by atoms with Crippen LogP contribution in [0.1, 0.15) is 12.5 Å². The summed E-state index contributed by atoms with van der Waals surface area (Å²) in [4.78, 5) is -0.0362. The Bertz CT molecular complexity index is 600. The van der Waals surface area contributed by atoms with Crippen LogP contribution in [0.25, 0.3) is 0 Å². The highest BCUT2D eigenvalue weighted by molar-refractivity contribution is 7.89. The zero-order valence-electron chi connectivity index (χ0n) is 10.8. The van der Waals surface area contributed by atoms with E-state index < -0.39 is 10.0 Å². The minimum absolute atomic E-state index is 0.0362. The Kier molecular flexibility index (Phi) is 5.41. The van der Waals surface area contributed by atoms with Crippen LogP contribution in [-0.4, -0.2) is 26.3 Å². The van der Waals surface area contributed by atoms with Crippen molar-refractivity contribution in [2.45, 2.75) is 18.4 Å². The summed E-state index contributed by atoms with van der Waals surface area (Å²) in [5.74, 6) is 0. The molecule has 0 saturated carbocycles. The molecule has 0 aliphatic carbocycles. The van der Waals surface area contributed by atoms with Gasteiger partial charge in [0.1, 0.15) is 4.90 Å². The molecule has 7 heteroatoms. The summed E-state index contributed by atoms with van der Waals surface area (Å²) >= 11 is 12.0. The van der Waals surface area contributed by atoms with Crippen molar-refractivity contribution in [1.29, 1.82) is 0 Å². The molecule has 106 valence electrons. The number of sulfonamides is 1. The Morgan fingerprint density at radius 1 is 1.42 bits per heavy atom. The predicted octanol–water partition coefficient (Wildman–Crippen LogP) is 2.65. The number of rotatable bonds is 5. The fourth-order valence-electron chi connectivity index (χ4n) is 1.59. The number of nitrogens with zero attached hydrogens (tertiary/aromatic N) is 1. The second-order valence-electron chi connectivity index (χ2n) is 4.30. The van der Waals surface area contributed by atoms with Crippen LogP contribution >= 0.6 is 23.2 Å². The van der Waals surface area contributed by atoms with Gasteiger partial charge in [-0.3, -0.25) is 0 Å². The van der Waals surface area contributed by atoms with E-state index in [1.54, 1.807) is 13.0 Å². The molecule has 0 spiro atoms. The van der Waals surface area contributed by atoms with E-state index >= 15 is 0 Å². The quantitative estimate of drug-likeness (QED) is 0.847. The van der Waals surface area contributed by atoms with Gasteiger partial charge in [-0.25, -0.2) is 8.42 Å². The normalized spacial score (nSPS) is 11.9. The number of halogens is 2. The Morgan fingerprint density at radius 3 is 2.47 bits per heavy atom. The summed E-state index contributed by atoms with van der Waals surface area (Å²) in [6, 6.07) is 2.88. The maximum atomic E-state index is 12.4. The average molecular weight is 323 g/mol. The van der Waals surface area contributed by atoms with Gasteiger partial charge >= 0.3 is 0 Å². The Labute approximate surface area is 123 Å². The minimum Gasteiger partial charge on any atom is -0.326 e.